The molecule has 0 radical (unpaired) electrons. The first-order valence-corrected chi connectivity index (χ1v) is 10.9. The van der Waals surface area contributed by atoms with Gasteiger partial charge in [0.2, 0.25) is 0 Å². The van der Waals surface area contributed by atoms with Gasteiger partial charge in [0.05, 0.1) is 17.4 Å². The maximum absolute atomic E-state index is 12.8. The third-order valence-corrected chi connectivity index (χ3v) is 5.89. The Morgan fingerprint density at radius 2 is 1.84 bits per heavy atom. The maximum Gasteiger partial charge on any atom is 0.257 e. The highest BCUT2D eigenvalue weighted by Crippen LogP contribution is 2.22. The van der Waals surface area contributed by atoms with E-state index in [-0.39, 0.29) is 5.91 Å². The molecule has 162 valence electrons. The molecule has 1 saturated heterocycles. The lowest BCUT2D eigenvalue weighted by atomic mass is 10.2. The van der Waals surface area contributed by atoms with Gasteiger partial charge in [-0.25, -0.2) is 0 Å². The van der Waals surface area contributed by atoms with Crippen LogP contribution in [0.3, 0.4) is 0 Å². The molecule has 0 saturated carbocycles. The molecular formula is C25H26N6O. The number of fused-ring (bicyclic) bond motifs is 1. The Morgan fingerprint density at radius 1 is 1.00 bits per heavy atom. The molecule has 5 heterocycles. The summed E-state index contributed by atoms with van der Waals surface area (Å²) in [7, 11) is 0. The quantitative estimate of drug-likeness (QED) is 0.528. The van der Waals surface area contributed by atoms with E-state index < -0.39 is 0 Å². The first-order chi connectivity index (χ1) is 15.7. The van der Waals surface area contributed by atoms with Gasteiger partial charge >= 0.3 is 0 Å². The van der Waals surface area contributed by atoms with Crippen LogP contribution in [0.15, 0.2) is 73.3 Å². The summed E-state index contributed by atoms with van der Waals surface area (Å²) >= 11 is 0. The van der Waals surface area contributed by atoms with Crippen LogP contribution in [0.25, 0.3) is 5.52 Å². The van der Waals surface area contributed by atoms with Crippen molar-refractivity contribution in [2.24, 2.45) is 0 Å². The van der Waals surface area contributed by atoms with E-state index >= 15 is 0 Å². The molecule has 7 nitrogen and oxygen atoms in total. The van der Waals surface area contributed by atoms with Crippen molar-refractivity contribution in [1.82, 2.24) is 19.3 Å². The summed E-state index contributed by atoms with van der Waals surface area (Å²) in [6, 6.07) is 16.0. The summed E-state index contributed by atoms with van der Waals surface area (Å²) in [6.45, 7) is 6.71. The molecule has 1 aliphatic rings. The van der Waals surface area contributed by atoms with Crippen LogP contribution < -0.4 is 10.2 Å². The minimum Gasteiger partial charge on any atom is -0.355 e. The fraction of sp³-hybridized carbons (Fsp3) is 0.240. The number of piperazine rings is 1. The number of rotatable bonds is 5. The molecule has 0 bridgehead atoms. The number of pyridine rings is 3. The van der Waals surface area contributed by atoms with Gasteiger partial charge in [0, 0.05) is 62.5 Å². The van der Waals surface area contributed by atoms with Crippen LogP contribution in [-0.2, 0) is 6.54 Å². The lowest BCUT2D eigenvalue weighted by Gasteiger charge is -2.35. The highest BCUT2D eigenvalue weighted by molar-refractivity contribution is 6.04. The molecule has 1 fully saturated rings. The first kappa shape index (κ1) is 20.2. The second-order valence-corrected chi connectivity index (χ2v) is 8.17. The van der Waals surface area contributed by atoms with Crippen molar-refractivity contribution < 1.29 is 4.79 Å². The van der Waals surface area contributed by atoms with Gasteiger partial charge in [-0.3, -0.25) is 19.7 Å². The molecule has 4 aromatic rings. The predicted molar refractivity (Wildman–Crippen MR) is 126 cm³/mol. The van der Waals surface area contributed by atoms with Crippen molar-refractivity contribution in [3.05, 3.63) is 90.1 Å². The van der Waals surface area contributed by atoms with Crippen LogP contribution in [0.4, 0.5) is 11.5 Å². The number of nitrogens with zero attached hydrogens (tertiary/aromatic N) is 5. The number of carbonyl (C=O) groups is 1. The average molecular weight is 427 g/mol. The van der Waals surface area contributed by atoms with Crippen LogP contribution in [0.2, 0.25) is 0 Å². The Morgan fingerprint density at radius 3 is 2.59 bits per heavy atom. The van der Waals surface area contributed by atoms with Crippen molar-refractivity contribution >= 4 is 22.9 Å². The van der Waals surface area contributed by atoms with E-state index in [0.717, 1.165) is 49.8 Å². The van der Waals surface area contributed by atoms with Gasteiger partial charge in [-0.1, -0.05) is 6.07 Å². The standard InChI is InChI=1S/C25H26N6O/c1-19-4-6-22(16-27-19)28-25(32)21-5-7-23-8-9-24(31(23)18-21)30-13-11-29(12-14-30)17-20-3-2-10-26-15-20/h2-10,15-16,18H,11-14,17H2,1H3,(H,28,32). The third-order valence-electron chi connectivity index (χ3n) is 5.89. The Bertz CT molecular complexity index is 1210. The second-order valence-electron chi connectivity index (χ2n) is 8.17. The summed E-state index contributed by atoms with van der Waals surface area (Å²) < 4.78 is 2.11. The average Bonchev–Trinajstić information content (AvgIpc) is 3.25. The smallest absolute Gasteiger partial charge is 0.257 e. The van der Waals surface area contributed by atoms with Gasteiger partial charge in [0.1, 0.15) is 5.82 Å². The van der Waals surface area contributed by atoms with Crippen molar-refractivity contribution in [2.75, 3.05) is 36.4 Å². The van der Waals surface area contributed by atoms with Gasteiger partial charge in [0.15, 0.2) is 0 Å². The van der Waals surface area contributed by atoms with Crippen molar-refractivity contribution in [3.63, 3.8) is 0 Å². The Hall–Kier alpha value is -3.71. The second kappa shape index (κ2) is 8.80. The molecule has 1 amide bonds. The van der Waals surface area contributed by atoms with Crippen LogP contribution in [0.5, 0.6) is 0 Å². The summed E-state index contributed by atoms with van der Waals surface area (Å²) in [6.07, 6.45) is 7.35. The molecule has 1 N–H and O–H groups in total. The number of aromatic nitrogens is 3. The topological polar surface area (TPSA) is 65.8 Å². The highest BCUT2D eigenvalue weighted by Gasteiger charge is 2.20. The summed E-state index contributed by atoms with van der Waals surface area (Å²) in [5.41, 5.74) is 4.55. The zero-order chi connectivity index (χ0) is 21.9. The predicted octanol–water partition coefficient (Wildman–Crippen LogP) is 3.61. The maximum atomic E-state index is 12.8. The Labute approximate surface area is 187 Å². The zero-order valence-corrected chi connectivity index (χ0v) is 18.1. The van der Waals surface area contributed by atoms with Crippen LogP contribution in [0, 0.1) is 6.92 Å². The molecule has 0 spiro atoms. The van der Waals surface area contributed by atoms with Gasteiger partial charge in [-0.05, 0) is 55.0 Å². The van der Waals surface area contributed by atoms with Crippen molar-refractivity contribution in [2.45, 2.75) is 13.5 Å². The van der Waals surface area contributed by atoms with Crippen molar-refractivity contribution in [3.8, 4) is 0 Å². The van der Waals surface area contributed by atoms with Gasteiger partial charge in [-0.15, -0.1) is 0 Å². The van der Waals surface area contributed by atoms with E-state index in [1.54, 1.807) is 6.20 Å². The molecule has 0 atom stereocenters. The van der Waals surface area contributed by atoms with E-state index in [1.165, 1.54) is 5.56 Å². The first-order valence-electron chi connectivity index (χ1n) is 10.9. The number of aryl methyl sites for hydroxylation is 1. The van der Waals surface area contributed by atoms with Crippen LogP contribution in [-0.4, -0.2) is 51.4 Å². The lowest BCUT2D eigenvalue weighted by molar-refractivity contribution is 0.102. The van der Waals surface area contributed by atoms with E-state index in [0.29, 0.717) is 11.3 Å². The van der Waals surface area contributed by atoms with Gasteiger partial charge in [-0.2, -0.15) is 0 Å². The van der Waals surface area contributed by atoms with Gasteiger partial charge < -0.3 is 14.6 Å². The lowest BCUT2D eigenvalue weighted by Crippen LogP contribution is -2.46. The normalized spacial score (nSPS) is 14.6. The summed E-state index contributed by atoms with van der Waals surface area (Å²) in [5.74, 6) is 0.978. The number of hydrogen-bond acceptors (Lipinski definition) is 5. The SMILES string of the molecule is Cc1ccc(NC(=O)c2ccc3ccc(N4CCN(Cc5cccnc5)CC4)n3c2)cn1. The van der Waals surface area contributed by atoms with E-state index in [9.17, 15) is 4.79 Å². The molecule has 7 heteroatoms. The summed E-state index contributed by atoms with van der Waals surface area (Å²) in [5, 5.41) is 2.93. The molecule has 32 heavy (non-hydrogen) atoms. The Balaban J connectivity index is 1.29. The number of anilines is 2. The van der Waals surface area contributed by atoms with Crippen molar-refractivity contribution in [1.29, 1.82) is 0 Å². The zero-order valence-electron chi connectivity index (χ0n) is 18.1. The number of amides is 1. The largest absolute Gasteiger partial charge is 0.355 e. The van der Waals surface area contributed by atoms with Crippen LogP contribution in [0.1, 0.15) is 21.6 Å². The van der Waals surface area contributed by atoms with Crippen LogP contribution >= 0.6 is 0 Å². The molecule has 0 aliphatic carbocycles. The molecule has 0 aromatic carbocycles. The van der Waals surface area contributed by atoms with E-state index in [4.69, 9.17) is 0 Å². The molecular weight excluding hydrogens is 400 g/mol. The fourth-order valence-electron chi connectivity index (χ4n) is 4.11. The minimum atomic E-state index is -0.140. The summed E-state index contributed by atoms with van der Waals surface area (Å²) in [4.78, 5) is 26.1. The molecule has 1 aliphatic heterocycles. The number of nitrogens with one attached hydrogen (secondary N) is 1. The van der Waals surface area contributed by atoms with Gasteiger partial charge in [0.25, 0.3) is 5.91 Å². The minimum absolute atomic E-state index is 0.140. The third kappa shape index (κ3) is 4.33. The number of hydrogen-bond donors (Lipinski definition) is 1. The van der Waals surface area contributed by atoms with E-state index in [1.807, 2.05) is 55.8 Å². The molecule has 4 aromatic heterocycles. The van der Waals surface area contributed by atoms with E-state index in [2.05, 4.69) is 47.7 Å². The fourth-order valence-corrected chi connectivity index (χ4v) is 4.11. The number of carbonyl (C=O) groups excluding carboxylic acids is 1. The monoisotopic (exact) mass is 426 g/mol. The molecule has 0 unspecified atom stereocenters. The highest BCUT2D eigenvalue weighted by atomic mass is 16.1. The Kier molecular flexibility index (Phi) is 5.56. The molecule has 5 rings (SSSR count).